The van der Waals surface area contributed by atoms with Gasteiger partial charge in [-0.15, -0.1) is 15.3 Å². The van der Waals surface area contributed by atoms with Crippen LogP contribution in [0.1, 0.15) is 0 Å². The average Bonchev–Trinajstić information content (AvgIpc) is 2.94. The first-order valence-electron chi connectivity index (χ1n) is 11.8. The lowest BCUT2D eigenvalue weighted by Crippen LogP contribution is -1.97. The molecular weight excluding hydrogens is 735 g/mol. The van der Waals surface area contributed by atoms with Crippen molar-refractivity contribution < 1.29 is 38.9 Å². The first-order chi connectivity index (χ1) is 20.1. The summed E-state index contributed by atoms with van der Waals surface area (Å²) in [5.74, 6) is 0. The van der Waals surface area contributed by atoms with Crippen molar-refractivity contribution in [3.05, 3.63) is 88.5 Å². The zero-order chi connectivity index (χ0) is 31.2. The molecule has 0 aliphatic carbocycles. The van der Waals surface area contributed by atoms with E-state index in [-0.39, 0.29) is 32.2 Å². The summed E-state index contributed by atoms with van der Waals surface area (Å²) in [5, 5.41) is 18.5. The quantitative estimate of drug-likeness (QED) is 0.0872. The zero-order valence-electron chi connectivity index (χ0n) is 21.3. The smallest absolute Gasteiger partial charge is 0.282 e. The first-order valence-corrected chi connectivity index (χ1v) is 17.2. The van der Waals surface area contributed by atoms with Crippen molar-refractivity contribution in [3.63, 3.8) is 0 Å². The summed E-state index contributed by atoms with van der Waals surface area (Å²) in [5.41, 5.74) is 0.965. The Bertz CT molecular complexity index is 2330. The molecule has 0 aliphatic rings. The van der Waals surface area contributed by atoms with Crippen LogP contribution in [0.2, 0.25) is 0 Å². The van der Waals surface area contributed by atoms with E-state index in [0.717, 1.165) is 15.7 Å². The van der Waals surface area contributed by atoms with E-state index in [1.807, 2.05) is 0 Å². The van der Waals surface area contributed by atoms with Crippen molar-refractivity contribution in [2.24, 2.45) is 20.5 Å². The van der Waals surface area contributed by atoms with Crippen LogP contribution in [0.4, 0.5) is 22.7 Å². The summed E-state index contributed by atoms with van der Waals surface area (Å²) in [6, 6.07) is 19.1. The molecule has 0 saturated heterocycles. The molecule has 0 bridgehead atoms. The fourth-order valence-corrected chi connectivity index (χ4v) is 6.20. The molecule has 0 fully saturated rings. The minimum atomic E-state index is -4.59. The lowest BCUT2D eigenvalue weighted by Gasteiger charge is -2.08. The molecule has 5 rings (SSSR count). The molecule has 0 aliphatic heterocycles. The lowest BCUT2D eigenvalue weighted by molar-refractivity contribution is 0.481. The molecule has 0 aromatic heterocycles. The van der Waals surface area contributed by atoms with Gasteiger partial charge in [0.2, 0.25) is 0 Å². The highest BCUT2D eigenvalue weighted by Crippen LogP contribution is 2.38. The maximum atomic E-state index is 11.9. The van der Waals surface area contributed by atoms with Gasteiger partial charge in [0.1, 0.15) is 0 Å². The third kappa shape index (κ3) is 6.77. The van der Waals surface area contributed by atoms with Crippen molar-refractivity contribution in [1.29, 1.82) is 0 Å². The molecule has 0 unspecified atom stereocenters. The number of nitrogens with zero attached hydrogens (tertiary/aromatic N) is 4. The topological polar surface area (TPSA) is 213 Å². The third-order valence-electron chi connectivity index (χ3n) is 6.12. The van der Waals surface area contributed by atoms with E-state index < -0.39 is 35.2 Å². The molecule has 13 nitrogen and oxygen atoms in total. The van der Waals surface area contributed by atoms with E-state index in [1.54, 1.807) is 18.2 Å². The van der Waals surface area contributed by atoms with Crippen LogP contribution in [0.25, 0.3) is 21.5 Å². The molecule has 0 amide bonds. The maximum Gasteiger partial charge on any atom is 0.294 e. The highest BCUT2D eigenvalue weighted by Gasteiger charge is 2.16. The lowest BCUT2D eigenvalue weighted by atomic mass is 10.1. The number of benzene rings is 5. The Morgan fingerprint density at radius 2 is 0.837 bits per heavy atom. The van der Waals surface area contributed by atoms with Crippen molar-refractivity contribution in [1.82, 2.24) is 0 Å². The number of rotatable bonds is 7. The predicted molar refractivity (Wildman–Crippen MR) is 165 cm³/mol. The third-order valence-corrected chi connectivity index (χ3v) is 9.63. The molecule has 3 N–H and O–H groups in total. The van der Waals surface area contributed by atoms with Crippen LogP contribution in [0, 0.1) is 3.57 Å². The largest absolute Gasteiger partial charge is 0.294 e. The average molecular weight is 753 g/mol. The molecule has 0 heterocycles. The van der Waals surface area contributed by atoms with Gasteiger partial charge >= 0.3 is 0 Å². The fourth-order valence-electron chi connectivity index (χ4n) is 4.06. The molecule has 5 aromatic rings. The molecule has 0 radical (unpaired) electrons. The minimum Gasteiger partial charge on any atom is -0.282 e. The minimum absolute atomic E-state index is 0.177. The molecule has 0 saturated carbocycles. The molecular formula is C26H17IN4O9S3. The highest BCUT2D eigenvalue weighted by atomic mass is 127. The van der Waals surface area contributed by atoms with E-state index in [1.165, 1.54) is 54.6 Å². The molecule has 5 aromatic carbocycles. The van der Waals surface area contributed by atoms with Crippen molar-refractivity contribution in [2.45, 2.75) is 14.7 Å². The van der Waals surface area contributed by atoms with E-state index in [2.05, 4.69) is 43.0 Å². The normalized spacial score (nSPS) is 13.0. The van der Waals surface area contributed by atoms with E-state index in [4.69, 9.17) is 4.55 Å². The van der Waals surface area contributed by atoms with Gasteiger partial charge in [-0.1, -0.05) is 12.1 Å². The van der Waals surface area contributed by atoms with Gasteiger partial charge in [0.05, 0.1) is 37.4 Å². The summed E-state index contributed by atoms with van der Waals surface area (Å²) < 4.78 is 98.8. The van der Waals surface area contributed by atoms with Crippen molar-refractivity contribution >= 4 is 97.2 Å². The Labute approximate surface area is 258 Å². The van der Waals surface area contributed by atoms with Crippen LogP contribution in [-0.4, -0.2) is 38.9 Å². The monoisotopic (exact) mass is 752 g/mol. The van der Waals surface area contributed by atoms with Crippen LogP contribution >= 0.6 is 22.6 Å². The van der Waals surface area contributed by atoms with Gasteiger partial charge in [-0.2, -0.15) is 30.4 Å². The van der Waals surface area contributed by atoms with Gasteiger partial charge in [0.25, 0.3) is 30.4 Å². The van der Waals surface area contributed by atoms with Crippen LogP contribution in [0.5, 0.6) is 0 Å². The summed E-state index contributed by atoms with van der Waals surface area (Å²) in [6.07, 6.45) is 0. The number of fused-ring (bicyclic) bond motifs is 2. The van der Waals surface area contributed by atoms with Crippen LogP contribution in [-0.2, 0) is 30.4 Å². The van der Waals surface area contributed by atoms with Gasteiger partial charge in [-0.25, -0.2) is 0 Å². The summed E-state index contributed by atoms with van der Waals surface area (Å²) in [6.45, 7) is 0. The van der Waals surface area contributed by atoms with Crippen LogP contribution in [0.15, 0.2) is 120 Å². The Morgan fingerprint density at radius 3 is 1.35 bits per heavy atom. The van der Waals surface area contributed by atoms with Gasteiger partial charge < -0.3 is 0 Å². The standard InChI is InChI=1S/C26H17IN4O9S3/c27-23-9-10-25(21-13-17(42(35,36)37)5-7-19(21)23)31-30-24-11-12-26(22-14-18(43(38,39)40)6-8-20(22)24)29-28-15-1-3-16(4-2-15)41(32,33)34/h1-14H,(H,32,33,34)(H,35,36,37)(H,38,39,40). The van der Waals surface area contributed by atoms with Crippen molar-refractivity contribution in [2.75, 3.05) is 0 Å². The second-order valence-electron chi connectivity index (χ2n) is 8.90. The van der Waals surface area contributed by atoms with Crippen LogP contribution in [0.3, 0.4) is 0 Å². The second kappa shape index (κ2) is 11.4. The summed E-state index contributed by atoms with van der Waals surface area (Å²) in [4.78, 5) is -1.06. The van der Waals surface area contributed by atoms with Gasteiger partial charge in [-0.05, 0) is 101 Å². The van der Waals surface area contributed by atoms with E-state index in [9.17, 15) is 34.4 Å². The van der Waals surface area contributed by atoms with Crippen molar-refractivity contribution in [3.8, 4) is 0 Å². The Morgan fingerprint density at radius 1 is 0.442 bits per heavy atom. The number of hydrogen-bond donors (Lipinski definition) is 3. The fraction of sp³-hybridized carbons (Fsp3) is 0. The first kappa shape index (κ1) is 30.7. The Kier molecular flexibility index (Phi) is 8.15. The summed E-state index contributed by atoms with van der Waals surface area (Å²) in [7, 11) is -13.5. The van der Waals surface area contributed by atoms with E-state index in [0.29, 0.717) is 21.8 Å². The molecule has 0 atom stereocenters. The summed E-state index contributed by atoms with van der Waals surface area (Å²) >= 11 is 2.08. The van der Waals surface area contributed by atoms with Gasteiger partial charge in [-0.3, -0.25) is 13.7 Å². The molecule has 43 heavy (non-hydrogen) atoms. The molecule has 0 spiro atoms. The van der Waals surface area contributed by atoms with Gasteiger partial charge in [0.15, 0.2) is 0 Å². The van der Waals surface area contributed by atoms with Crippen LogP contribution < -0.4 is 0 Å². The molecule has 220 valence electrons. The molecule has 17 heteroatoms. The zero-order valence-corrected chi connectivity index (χ0v) is 25.9. The van der Waals surface area contributed by atoms with E-state index >= 15 is 0 Å². The number of azo groups is 2. The Hall–Kier alpha value is -3.72. The number of hydrogen-bond acceptors (Lipinski definition) is 10. The number of halogens is 1. The highest BCUT2D eigenvalue weighted by molar-refractivity contribution is 14.1. The maximum absolute atomic E-state index is 11.9. The SMILES string of the molecule is O=S(=O)(O)c1ccc(N=Nc2ccc(N=Nc3ccc(I)c4ccc(S(=O)(=O)O)cc34)c3ccc(S(=O)(=O)O)cc23)cc1. The Balaban J connectivity index is 1.61. The van der Waals surface area contributed by atoms with Gasteiger partial charge in [0, 0.05) is 19.7 Å². The second-order valence-corrected chi connectivity index (χ2v) is 14.3. The predicted octanol–water partition coefficient (Wildman–Crippen LogP) is 7.17.